The molecule has 0 aliphatic heterocycles. The van der Waals surface area contributed by atoms with Crippen molar-refractivity contribution >= 4 is 64.6 Å². The van der Waals surface area contributed by atoms with Crippen LogP contribution in [0.2, 0.25) is 0 Å². The molecule has 11 aromatic rings. The second-order valence-electron chi connectivity index (χ2n) is 14.5. The van der Waals surface area contributed by atoms with E-state index in [1.165, 1.54) is 109 Å². The van der Waals surface area contributed by atoms with E-state index in [2.05, 4.69) is 206 Å². The van der Waals surface area contributed by atoms with Crippen molar-refractivity contribution in [2.24, 2.45) is 0 Å². The molecule has 0 aliphatic carbocycles. The van der Waals surface area contributed by atoms with Crippen molar-refractivity contribution in [3.05, 3.63) is 206 Å². The van der Waals surface area contributed by atoms with Crippen LogP contribution >= 0.6 is 0 Å². The van der Waals surface area contributed by atoms with E-state index in [-0.39, 0.29) is 0 Å². The standard InChI is InChI=1S/C54H34/c1-3-11-41-29-47(27-21-35(41)9-1)37-17-23-39(24-18-37)53-49-31-43-13-5-7-15-45(43)33-51(49)54(52-34-46-16-8-6-14-44(46)32-50(52)53)40-25-19-38(20-26-40)48-28-22-36-10-2-4-12-42(36)30-48/h1-34H. The maximum Gasteiger partial charge on any atom is -0.00259 e. The minimum atomic E-state index is 1.22. The van der Waals surface area contributed by atoms with Crippen LogP contribution in [0.15, 0.2) is 206 Å². The summed E-state index contributed by atoms with van der Waals surface area (Å²) < 4.78 is 0. The predicted molar refractivity (Wildman–Crippen MR) is 233 cm³/mol. The van der Waals surface area contributed by atoms with E-state index in [4.69, 9.17) is 0 Å². The van der Waals surface area contributed by atoms with E-state index in [1.54, 1.807) is 0 Å². The highest BCUT2D eigenvalue weighted by Crippen LogP contribution is 2.46. The Morgan fingerprint density at radius 3 is 0.722 bits per heavy atom. The maximum atomic E-state index is 2.42. The van der Waals surface area contributed by atoms with Gasteiger partial charge in [0.1, 0.15) is 0 Å². The van der Waals surface area contributed by atoms with E-state index in [0.29, 0.717) is 0 Å². The molecule has 11 rings (SSSR count). The fourth-order valence-corrected chi connectivity index (χ4v) is 8.62. The summed E-state index contributed by atoms with van der Waals surface area (Å²) in [5.41, 5.74) is 9.89. The van der Waals surface area contributed by atoms with Crippen LogP contribution < -0.4 is 0 Å². The van der Waals surface area contributed by atoms with Gasteiger partial charge in [0, 0.05) is 0 Å². The molecular formula is C54H34. The summed E-state index contributed by atoms with van der Waals surface area (Å²) >= 11 is 0. The van der Waals surface area contributed by atoms with Crippen molar-refractivity contribution in [3.8, 4) is 44.5 Å². The number of fused-ring (bicyclic) bond motifs is 6. The van der Waals surface area contributed by atoms with Crippen LogP contribution in [-0.4, -0.2) is 0 Å². The molecule has 0 heterocycles. The zero-order chi connectivity index (χ0) is 35.6. The molecule has 0 radical (unpaired) electrons. The van der Waals surface area contributed by atoms with Crippen molar-refractivity contribution in [3.63, 3.8) is 0 Å². The summed E-state index contributed by atoms with van der Waals surface area (Å²) in [6, 6.07) is 76.3. The first-order valence-electron chi connectivity index (χ1n) is 18.7. The number of hydrogen-bond acceptors (Lipinski definition) is 0. The van der Waals surface area contributed by atoms with Gasteiger partial charge in [0.2, 0.25) is 0 Å². The summed E-state index contributed by atoms with van der Waals surface area (Å²) in [6.07, 6.45) is 0. The number of benzene rings is 11. The highest BCUT2D eigenvalue weighted by atomic mass is 14.2. The van der Waals surface area contributed by atoms with E-state index in [1.807, 2.05) is 0 Å². The lowest BCUT2D eigenvalue weighted by Crippen LogP contribution is -1.92. The van der Waals surface area contributed by atoms with Crippen LogP contribution in [-0.2, 0) is 0 Å². The van der Waals surface area contributed by atoms with Crippen LogP contribution in [0.5, 0.6) is 0 Å². The van der Waals surface area contributed by atoms with Gasteiger partial charge in [-0.2, -0.15) is 0 Å². The molecule has 0 aliphatic rings. The van der Waals surface area contributed by atoms with E-state index in [9.17, 15) is 0 Å². The van der Waals surface area contributed by atoms with Gasteiger partial charge in [-0.3, -0.25) is 0 Å². The summed E-state index contributed by atoms with van der Waals surface area (Å²) in [5.74, 6) is 0. The topological polar surface area (TPSA) is 0 Å². The summed E-state index contributed by atoms with van der Waals surface area (Å²) in [7, 11) is 0. The van der Waals surface area contributed by atoms with Crippen LogP contribution in [0.4, 0.5) is 0 Å². The van der Waals surface area contributed by atoms with Gasteiger partial charge in [0.15, 0.2) is 0 Å². The molecule has 250 valence electrons. The van der Waals surface area contributed by atoms with Crippen LogP contribution in [0, 0.1) is 0 Å². The third kappa shape index (κ3) is 5.07. The molecule has 0 bridgehead atoms. The third-order valence-corrected chi connectivity index (χ3v) is 11.4. The first-order chi connectivity index (χ1) is 26.7. The number of rotatable bonds is 4. The molecule has 0 unspecified atom stereocenters. The SMILES string of the molecule is c1ccc2cc(-c3ccc(-c4c5cc6ccccc6cc5c(-c5ccc(-c6ccc7ccccc7c6)cc5)c5cc6ccccc6cc45)cc3)ccc2c1. The van der Waals surface area contributed by atoms with Crippen molar-refractivity contribution in [2.45, 2.75) is 0 Å². The Hall–Kier alpha value is -7.02. The molecule has 54 heavy (non-hydrogen) atoms. The quantitative estimate of drug-likeness (QED) is 0.162. The van der Waals surface area contributed by atoms with Gasteiger partial charge in [0.05, 0.1) is 0 Å². The molecular weight excluding hydrogens is 649 g/mol. The fourth-order valence-electron chi connectivity index (χ4n) is 8.62. The molecule has 0 heteroatoms. The molecule has 0 N–H and O–H groups in total. The van der Waals surface area contributed by atoms with Gasteiger partial charge in [0.25, 0.3) is 0 Å². The molecule has 0 saturated carbocycles. The van der Waals surface area contributed by atoms with Crippen molar-refractivity contribution in [2.75, 3.05) is 0 Å². The third-order valence-electron chi connectivity index (χ3n) is 11.4. The Kier molecular flexibility index (Phi) is 6.97. The largest absolute Gasteiger partial charge is 0.0616 e. The van der Waals surface area contributed by atoms with Crippen LogP contribution in [0.25, 0.3) is 109 Å². The van der Waals surface area contributed by atoms with Crippen LogP contribution in [0.1, 0.15) is 0 Å². The highest BCUT2D eigenvalue weighted by Gasteiger charge is 2.19. The Bertz CT molecular complexity index is 2920. The highest BCUT2D eigenvalue weighted by molar-refractivity contribution is 6.25. The molecule has 0 nitrogen and oxygen atoms in total. The number of hydrogen-bond donors (Lipinski definition) is 0. The molecule has 0 aromatic heterocycles. The van der Waals surface area contributed by atoms with Gasteiger partial charge < -0.3 is 0 Å². The van der Waals surface area contributed by atoms with Gasteiger partial charge in [-0.25, -0.2) is 0 Å². The Morgan fingerprint density at radius 1 is 0.167 bits per heavy atom. The Labute approximate surface area is 314 Å². The van der Waals surface area contributed by atoms with Gasteiger partial charge >= 0.3 is 0 Å². The predicted octanol–water partition coefficient (Wildman–Crippen LogP) is 15.3. The lowest BCUT2D eigenvalue weighted by Gasteiger charge is -2.20. The van der Waals surface area contributed by atoms with Gasteiger partial charge in [-0.15, -0.1) is 0 Å². The lowest BCUT2D eigenvalue weighted by atomic mass is 9.83. The van der Waals surface area contributed by atoms with Crippen molar-refractivity contribution in [1.82, 2.24) is 0 Å². The molecule has 11 aromatic carbocycles. The first kappa shape index (κ1) is 30.6. The average Bonchev–Trinajstić information content (AvgIpc) is 3.24. The van der Waals surface area contributed by atoms with Gasteiger partial charge in [-0.1, -0.05) is 170 Å². The smallest absolute Gasteiger partial charge is 0.00259 e. The zero-order valence-electron chi connectivity index (χ0n) is 29.6. The molecule has 0 atom stereocenters. The minimum Gasteiger partial charge on any atom is -0.0616 e. The second kappa shape index (κ2) is 12.3. The van der Waals surface area contributed by atoms with Crippen molar-refractivity contribution < 1.29 is 0 Å². The fraction of sp³-hybridized carbons (Fsp3) is 0. The van der Waals surface area contributed by atoms with E-state index in [0.717, 1.165) is 0 Å². The van der Waals surface area contributed by atoms with E-state index >= 15 is 0 Å². The minimum absolute atomic E-state index is 1.22. The first-order valence-corrected chi connectivity index (χ1v) is 18.7. The lowest BCUT2D eigenvalue weighted by molar-refractivity contribution is 1.62. The summed E-state index contributed by atoms with van der Waals surface area (Å²) in [6.45, 7) is 0. The second-order valence-corrected chi connectivity index (χ2v) is 14.5. The molecule has 0 amide bonds. The van der Waals surface area contributed by atoms with Crippen molar-refractivity contribution in [1.29, 1.82) is 0 Å². The maximum absolute atomic E-state index is 2.42. The monoisotopic (exact) mass is 682 g/mol. The molecule has 0 spiro atoms. The summed E-state index contributed by atoms with van der Waals surface area (Å²) in [4.78, 5) is 0. The molecule has 0 fully saturated rings. The normalized spacial score (nSPS) is 11.7. The Morgan fingerprint density at radius 2 is 0.407 bits per heavy atom. The van der Waals surface area contributed by atoms with E-state index < -0.39 is 0 Å². The zero-order valence-corrected chi connectivity index (χ0v) is 29.6. The Balaban J connectivity index is 1.15. The van der Waals surface area contributed by atoms with Crippen LogP contribution in [0.3, 0.4) is 0 Å². The average molecular weight is 683 g/mol. The van der Waals surface area contributed by atoms with Gasteiger partial charge in [-0.05, 0) is 146 Å². The summed E-state index contributed by atoms with van der Waals surface area (Å²) in [5, 5.41) is 15.1. The molecule has 0 saturated heterocycles.